The fraction of sp³-hybridized carbons (Fsp3) is 0.529. The van der Waals surface area contributed by atoms with Gasteiger partial charge in [0.1, 0.15) is 0 Å². The molecule has 1 aromatic carbocycles. The second-order valence-electron chi connectivity index (χ2n) is 6.31. The lowest BCUT2D eigenvalue weighted by atomic mass is 9.81. The van der Waals surface area contributed by atoms with Crippen LogP contribution in [0, 0.1) is 0 Å². The second kappa shape index (κ2) is 5.60. The molecule has 1 aromatic rings. The highest BCUT2D eigenvalue weighted by molar-refractivity contribution is 6.08. The molecule has 4 heteroatoms. The van der Waals surface area contributed by atoms with Crippen molar-refractivity contribution >= 4 is 11.8 Å². The summed E-state index contributed by atoms with van der Waals surface area (Å²) in [7, 11) is 0. The summed E-state index contributed by atoms with van der Waals surface area (Å²) in [6.45, 7) is 3.47. The Morgan fingerprint density at radius 2 is 2.05 bits per heavy atom. The van der Waals surface area contributed by atoms with E-state index in [-0.39, 0.29) is 18.2 Å². The van der Waals surface area contributed by atoms with Crippen LogP contribution in [0.5, 0.6) is 0 Å². The largest absolute Gasteiger partial charge is 0.314 e. The highest BCUT2D eigenvalue weighted by Crippen LogP contribution is 2.36. The van der Waals surface area contributed by atoms with Crippen molar-refractivity contribution in [1.82, 2.24) is 10.2 Å². The van der Waals surface area contributed by atoms with Gasteiger partial charge in [0.2, 0.25) is 11.8 Å². The van der Waals surface area contributed by atoms with Crippen LogP contribution < -0.4 is 5.32 Å². The van der Waals surface area contributed by atoms with Crippen molar-refractivity contribution in [1.29, 1.82) is 0 Å². The number of nitrogens with one attached hydrogen (secondary N) is 1. The highest BCUT2D eigenvalue weighted by atomic mass is 16.2. The normalized spacial score (nSPS) is 29.4. The molecular weight excluding hydrogens is 264 g/mol. The molecule has 2 atom stereocenters. The van der Waals surface area contributed by atoms with Crippen molar-refractivity contribution in [3.05, 3.63) is 35.9 Å². The number of rotatable bonds is 4. The van der Waals surface area contributed by atoms with Gasteiger partial charge in [-0.25, -0.2) is 0 Å². The molecule has 2 aliphatic heterocycles. The van der Waals surface area contributed by atoms with Crippen LogP contribution in [0.15, 0.2) is 30.3 Å². The van der Waals surface area contributed by atoms with Crippen LogP contribution >= 0.6 is 0 Å². The van der Waals surface area contributed by atoms with E-state index in [2.05, 4.69) is 5.32 Å². The van der Waals surface area contributed by atoms with Gasteiger partial charge >= 0.3 is 0 Å². The average Bonchev–Trinajstić information content (AvgIpc) is 3.07. The maximum atomic E-state index is 12.7. The smallest absolute Gasteiger partial charge is 0.240 e. The van der Waals surface area contributed by atoms with E-state index in [4.69, 9.17) is 0 Å². The summed E-state index contributed by atoms with van der Waals surface area (Å²) in [5.74, 6) is -0.0824. The molecule has 2 unspecified atom stereocenters. The number of nitrogens with zero attached hydrogens (tertiary/aromatic N) is 1. The Kier molecular flexibility index (Phi) is 3.81. The van der Waals surface area contributed by atoms with Crippen LogP contribution in [0.25, 0.3) is 0 Å². The molecule has 3 rings (SSSR count). The van der Waals surface area contributed by atoms with Crippen LogP contribution in [0.2, 0.25) is 0 Å². The minimum atomic E-state index is -0.693. The average molecular weight is 286 g/mol. The molecule has 112 valence electrons. The summed E-state index contributed by atoms with van der Waals surface area (Å²) in [5, 5.41) is 3.41. The van der Waals surface area contributed by atoms with Crippen molar-refractivity contribution in [2.75, 3.05) is 13.1 Å². The zero-order valence-electron chi connectivity index (χ0n) is 12.5. The molecule has 2 aliphatic rings. The second-order valence-corrected chi connectivity index (χ2v) is 6.31. The van der Waals surface area contributed by atoms with Crippen LogP contribution in [0.1, 0.15) is 38.2 Å². The minimum Gasteiger partial charge on any atom is -0.314 e. The predicted octanol–water partition coefficient (Wildman–Crippen LogP) is 1.85. The zero-order valence-corrected chi connectivity index (χ0v) is 12.5. The molecule has 1 N–H and O–H groups in total. The Balaban J connectivity index is 1.72. The Morgan fingerprint density at radius 1 is 1.29 bits per heavy atom. The summed E-state index contributed by atoms with van der Waals surface area (Å²) >= 11 is 0. The van der Waals surface area contributed by atoms with E-state index in [9.17, 15) is 9.59 Å². The van der Waals surface area contributed by atoms with Gasteiger partial charge in [0.15, 0.2) is 0 Å². The molecular formula is C17H22N2O2. The van der Waals surface area contributed by atoms with Crippen LogP contribution in [0.4, 0.5) is 0 Å². The third kappa shape index (κ3) is 2.60. The van der Waals surface area contributed by atoms with Gasteiger partial charge in [-0.05, 0) is 38.3 Å². The third-order valence-corrected chi connectivity index (χ3v) is 4.80. The van der Waals surface area contributed by atoms with Gasteiger partial charge in [-0.2, -0.15) is 0 Å². The first-order valence-electron chi connectivity index (χ1n) is 7.75. The summed E-state index contributed by atoms with van der Waals surface area (Å²) in [4.78, 5) is 26.5. The van der Waals surface area contributed by atoms with Crippen LogP contribution in [-0.4, -0.2) is 35.8 Å². The van der Waals surface area contributed by atoms with Gasteiger partial charge in [0.25, 0.3) is 0 Å². The lowest BCUT2D eigenvalue weighted by molar-refractivity contribution is -0.139. The van der Waals surface area contributed by atoms with Crippen molar-refractivity contribution < 1.29 is 9.59 Å². The monoisotopic (exact) mass is 286 g/mol. The first kappa shape index (κ1) is 14.3. The van der Waals surface area contributed by atoms with Crippen molar-refractivity contribution in [3.63, 3.8) is 0 Å². The molecule has 2 saturated heterocycles. The SMILES string of the molecule is CC1(c2ccccc2)CC(=O)N(CCC2CCCN2)C1=O. The Bertz CT molecular complexity index is 537. The summed E-state index contributed by atoms with van der Waals surface area (Å²) < 4.78 is 0. The van der Waals surface area contributed by atoms with Crippen LogP contribution in [-0.2, 0) is 15.0 Å². The third-order valence-electron chi connectivity index (χ3n) is 4.80. The first-order chi connectivity index (χ1) is 10.1. The molecule has 21 heavy (non-hydrogen) atoms. The number of hydrogen-bond acceptors (Lipinski definition) is 3. The van der Waals surface area contributed by atoms with E-state index >= 15 is 0 Å². The van der Waals surface area contributed by atoms with Gasteiger partial charge in [-0.15, -0.1) is 0 Å². The first-order valence-corrected chi connectivity index (χ1v) is 7.75. The molecule has 0 spiro atoms. The standard InChI is InChI=1S/C17H22N2O2/c1-17(13-6-3-2-4-7-13)12-15(20)19(16(17)21)11-9-14-8-5-10-18-14/h2-4,6-7,14,18H,5,8-12H2,1H3. The molecule has 0 radical (unpaired) electrons. The molecule has 4 nitrogen and oxygen atoms in total. The van der Waals surface area contributed by atoms with E-state index < -0.39 is 5.41 Å². The van der Waals surface area contributed by atoms with Gasteiger partial charge < -0.3 is 5.32 Å². The number of likely N-dealkylation sites (tertiary alicyclic amines) is 1. The maximum Gasteiger partial charge on any atom is 0.240 e. The number of imide groups is 1. The molecule has 2 amide bonds. The molecule has 0 aliphatic carbocycles. The Labute approximate surface area is 125 Å². The van der Waals surface area contributed by atoms with Gasteiger partial charge in [0.05, 0.1) is 5.41 Å². The summed E-state index contributed by atoms with van der Waals surface area (Å²) in [5.41, 5.74) is 0.242. The van der Waals surface area contributed by atoms with Gasteiger partial charge in [-0.1, -0.05) is 30.3 Å². The predicted molar refractivity (Wildman–Crippen MR) is 80.8 cm³/mol. The van der Waals surface area contributed by atoms with Gasteiger partial charge in [0, 0.05) is 19.0 Å². The lowest BCUT2D eigenvalue weighted by Gasteiger charge is -2.23. The highest BCUT2D eigenvalue weighted by Gasteiger charge is 2.48. The topological polar surface area (TPSA) is 49.4 Å². The zero-order chi connectivity index (χ0) is 14.9. The summed E-state index contributed by atoms with van der Waals surface area (Å²) in [6.07, 6.45) is 3.48. The molecule has 2 fully saturated rings. The van der Waals surface area contributed by atoms with Crippen LogP contribution in [0.3, 0.4) is 0 Å². The van der Waals surface area contributed by atoms with Crippen molar-refractivity contribution in [3.8, 4) is 0 Å². The van der Waals surface area contributed by atoms with E-state index in [0.717, 1.165) is 24.9 Å². The van der Waals surface area contributed by atoms with Crippen molar-refractivity contribution in [2.45, 2.75) is 44.1 Å². The molecule has 0 saturated carbocycles. The van der Waals surface area contributed by atoms with E-state index in [0.29, 0.717) is 12.6 Å². The van der Waals surface area contributed by atoms with E-state index in [1.807, 2.05) is 37.3 Å². The molecule has 0 bridgehead atoms. The minimum absolute atomic E-state index is 0.0376. The fourth-order valence-electron chi connectivity index (χ4n) is 3.43. The summed E-state index contributed by atoms with van der Waals surface area (Å²) in [6, 6.07) is 10.1. The Hall–Kier alpha value is -1.68. The molecule has 2 heterocycles. The number of carbonyl (C=O) groups excluding carboxylic acids is 2. The molecule has 0 aromatic heterocycles. The Morgan fingerprint density at radius 3 is 2.71 bits per heavy atom. The number of carbonyl (C=O) groups is 2. The number of benzene rings is 1. The van der Waals surface area contributed by atoms with E-state index in [1.165, 1.54) is 11.3 Å². The quantitative estimate of drug-likeness (QED) is 0.859. The van der Waals surface area contributed by atoms with Crippen molar-refractivity contribution in [2.24, 2.45) is 0 Å². The van der Waals surface area contributed by atoms with E-state index in [1.54, 1.807) is 0 Å². The lowest BCUT2D eigenvalue weighted by Crippen LogP contribution is -2.39. The fourth-order valence-corrected chi connectivity index (χ4v) is 3.43. The number of amides is 2. The number of hydrogen-bond donors (Lipinski definition) is 1. The van der Waals surface area contributed by atoms with Gasteiger partial charge in [-0.3, -0.25) is 14.5 Å². The maximum absolute atomic E-state index is 12.7.